The van der Waals surface area contributed by atoms with Gasteiger partial charge in [-0.05, 0) is 59.1 Å². The first-order valence-corrected chi connectivity index (χ1v) is 7.93. The lowest BCUT2D eigenvalue weighted by Crippen LogP contribution is -2.18. The third-order valence-corrected chi connectivity index (χ3v) is 4.32. The number of fused-ring (bicyclic) bond motifs is 1. The topological polar surface area (TPSA) is 32.7 Å². The second-order valence-corrected chi connectivity index (χ2v) is 6.06. The summed E-state index contributed by atoms with van der Waals surface area (Å²) in [6, 6.07) is 14.1. The van der Waals surface area contributed by atoms with E-state index in [1.807, 2.05) is 36.4 Å². The van der Waals surface area contributed by atoms with Gasteiger partial charge in [0, 0.05) is 11.0 Å². The van der Waals surface area contributed by atoms with Crippen molar-refractivity contribution in [3.05, 3.63) is 52.5 Å². The van der Waals surface area contributed by atoms with Gasteiger partial charge in [0.15, 0.2) is 0 Å². The number of anilines is 2. The van der Waals surface area contributed by atoms with Gasteiger partial charge in [-0.1, -0.05) is 18.2 Å². The van der Waals surface area contributed by atoms with Crippen molar-refractivity contribution in [2.75, 3.05) is 18.1 Å². The summed E-state index contributed by atoms with van der Waals surface area (Å²) in [4.78, 5) is 2.26. The van der Waals surface area contributed by atoms with E-state index in [0.717, 1.165) is 46.7 Å². The molecule has 1 aliphatic rings. The van der Waals surface area contributed by atoms with Gasteiger partial charge in [0.05, 0.1) is 24.1 Å². The van der Waals surface area contributed by atoms with Crippen LogP contribution in [0.1, 0.15) is 25.0 Å². The Labute approximate surface area is 133 Å². The van der Waals surface area contributed by atoms with Crippen LogP contribution in [-0.2, 0) is 0 Å². The fourth-order valence-electron chi connectivity index (χ4n) is 2.58. The van der Waals surface area contributed by atoms with Gasteiger partial charge in [-0.2, -0.15) is 0 Å². The maximum absolute atomic E-state index is 9.70. The molecule has 1 N–H and O–H groups in total. The van der Waals surface area contributed by atoms with Gasteiger partial charge in [0.25, 0.3) is 0 Å². The number of benzene rings is 2. The molecule has 0 bridgehead atoms. The van der Waals surface area contributed by atoms with E-state index < -0.39 is 6.10 Å². The van der Waals surface area contributed by atoms with Crippen LogP contribution >= 0.6 is 15.9 Å². The summed E-state index contributed by atoms with van der Waals surface area (Å²) in [7, 11) is 0. The fraction of sp³-hybridized carbons (Fsp3) is 0.294. The summed E-state index contributed by atoms with van der Waals surface area (Å²) >= 11 is 3.63. The third-order valence-electron chi connectivity index (χ3n) is 3.68. The van der Waals surface area contributed by atoms with Gasteiger partial charge in [0.2, 0.25) is 0 Å². The number of para-hydroxylation sites is 2. The first-order valence-electron chi connectivity index (χ1n) is 7.13. The van der Waals surface area contributed by atoms with Crippen LogP contribution in [0.5, 0.6) is 5.75 Å². The van der Waals surface area contributed by atoms with Crippen LogP contribution in [0.3, 0.4) is 0 Å². The lowest BCUT2D eigenvalue weighted by atomic mass is 10.1. The van der Waals surface area contributed by atoms with Crippen molar-refractivity contribution in [3.8, 4) is 5.75 Å². The summed E-state index contributed by atoms with van der Waals surface area (Å²) in [5, 5.41) is 9.70. The number of halogens is 1. The molecule has 0 saturated carbocycles. The lowest BCUT2D eigenvalue weighted by molar-refractivity contribution is 0.199. The molecule has 3 rings (SSSR count). The minimum absolute atomic E-state index is 0.463. The molecule has 0 spiro atoms. The molecule has 3 nitrogen and oxygen atoms in total. The van der Waals surface area contributed by atoms with E-state index in [9.17, 15) is 5.11 Å². The molecule has 4 heteroatoms. The first-order chi connectivity index (χ1) is 10.2. The summed E-state index contributed by atoms with van der Waals surface area (Å²) in [5.74, 6) is 0.918. The molecule has 0 amide bonds. The lowest BCUT2D eigenvalue weighted by Gasteiger charge is -2.25. The molecule has 21 heavy (non-hydrogen) atoms. The monoisotopic (exact) mass is 347 g/mol. The van der Waals surface area contributed by atoms with Crippen LogP contribution < -0.4 is 9.64 Å². The van der Waals surface area contributed by atoms with Crippen LogP contribution in [0.4, 0.5) is 11.4 Å². The van der Waals surface area contributed by atoms with Crippen LogP contribution in [0, 0.1) is 0 Å². The molecular formula is C17H18BrNO2. The van der Waals surface area contributed by atoms with Crippen molar-refractivity contribution in [1.29, 1.82) is 0 Å². The third kappa shape index (κ3) is 2.92. The molecule has 2 aromatic carbocycles. The van der Waals surface area contributed by atoms with E-state index in [0.29, 0.717) is 0 Å². The van der Waals surface area contributed by atoms with Gasteiger partial charge < -0.3 is 14.7 Å². The number of aliphatic hydroxyl groups excluding tert-OH is 1. The Balaban J connectivity index is 2.04. The molecule has 0 fully saturated rings. The van der Waals surface area contributed by atoms with Crippen LogP contribution in [-0.4, -0.2) is 18.3 Å². The van der Waals surface area contributed by atoms with Gasteiger partial charge in [-0.25, -0.2) is 0 Å². The van der Waals surface area contributed by atoms with Gasteiger partial charge in [0.1, 0.15) is 5.75 Å². The minimum Gasteiger partial charge on any atom is -0.491 e. The average Bonchev–Trinajstić information content (AvgIpc) is 2.69. The predicted octanol–water partition coefficient (Wildman–Crippen LogP) is 4.42. The Morgan fingerprint density at radius 1 is 1.19 bits per heavy atom. The Kier molecular flexibility index (Phi) is 4.17. The molecule has 2 aromatic rings. The Morgan fingerprint density at radius 3 is 2.76 bits per heavy atom. The van der Waals surface area contributed by atoms with E-state index in [1.54, 1.807) is 6.92 Å². The molecule has 0 aromatic heterocycles. The largest absolute Gasteiger partial charge is 0.491 e. The molecule has 1 heterocycles. The quantitative estimate of drug-likeness (QED) is 0.872. The second-order valence-electron chi connectivity index (χ2n) is 5.21. The van der Waals surface area contributed by atoms with Gasteiger partial charge in [-0.3, -0.25) is 0 Å². The van der Waals surface area contributed by atoms with Crippen molar-refractivity contribution in [2.45, 2.75) is 19.4 Å². The standard InChI is InChI=1S/C17H18BrNO2/c1-12(20)13-7-8-15(14(18)11-13)19-9-4-10-21-17-6-3-2-5-16(17)19/h2-3,5-8,11-12,20H,4,9-10H2,1H3/t12-/m0/s1. The molecular weight excluding hydrogens is 330 g/mol. The number of rotatable bonds is 2. The van der Waals surface area contributed by atoms with E-state index in [1.165, 1.54) is 0 Å². The van der Waals surface area contributed by atoms with Crippen molar-refractivity contribution < 1.29 is 9.84 Å². The fourth-order valence-corrected chi connectivity index (χ4v) is 3.19. The summed E-state index contributed by atoms with van der Waals surface area (Å²) in [6.45, 7) is 3.41. The zero-order valence-electron chi connectivity index (χ0n) is 11.9. The van der Waals surface area contributed by atoms with Crippen LogP contribution in [0.2, 0.25) is 0 Å². The number of hydrogen-bond donors (Lipinski definition) is 1. The minimum atomic E-state index is -0.463. The smallest absolute Gasteiger partial charge is 0.142 e. The molecule has 1 aliphatic heterocycles. The highest BCUT2D eigenvalue weighted by atomic mass is 79.9. The highest BCUT2D eigenvalue weighted by Crippen LogP contribution is 2.39. The van der Waals surface area contributed by atoms with Crippen LogP contribution in [0.25, 0.3) is 0 Å². The SMILES string of the molecule is C[C@H](O)c1ccc(N2CCCOc3ccccc32)c(Br)c1. The Bertz CT molecular complexity index is 642. The first kappa shape index (κ1) is 14.4. The number of aliphatic hydroxyl groups is 1. The average molecular weight is 348 g/mol. The zero-order chi connectivity index (χ0) is 14.8. The molecule has 0 unspecified atom stereocenters. The molecule has 1 atom stereocenters. The van der Waals surface area contributed by atoms with Crippen molar-refractivity contribution in [2.24, 2.45) is 0 Å². The summed E-state index contributed by atoms with van der Waals surface area (Å²) < 4.78 is 6.79. The van der Waals surface area contributed by atoms with Crippen molar-refractivity contribution in [3.63, 3.8) is 0 Å². The summed E-state index contributed by atoms with van der Waals surface area (Å²) in [6.07, 6.45) is 0.509. The highest BCUT2D eigenvalue weighted by molar-refractivity contribution is 9.10. The molecule has 0 radical (unpaired) electrons. The normalized spacial score (nSPS) is 15.9. The van der Waals surface area contributed by atoms with E-state index >= 15 is 0 Å². The van der Waals surface area contributed by atoms with E-state index in [-0.39, 0.29) is 0 Å². The highest BCUT2D eigenvalue weighted by Gasteiger charge is 2.19. The maximum Gasteiger partial charge on any atom is 0.142 e. The van der Waals surface area contributed by atoms with Crippen LogP contribution in [0.15, 0.2) is 46.9 Å². The number of hydrogen-bond acceptors (Lipinski definition) is 3. The summed E-state index contributed by atoms with van der Waals surface area (Å²) in [5.41, 5.74) is 3.09. The second kappa shape index (κ2) is 6.08. The van der Waals surface area contributed by atoms with Crippen molar-refractivity contribution >= 4 is 27.3 Å². The number of ether oxygens (including phenoxy) is 1. The Morgan fingerprint density at radius 2 is 2.00 bits per heavy atom. The van der Waals surface area contributed by atoms with E-state index in [4.69, 9.17) is 4.74 Å². The van der Waals surface area contributed by atoms with Gasteiger partial charge in [-0.15, -0.1) is 0 Å². The van der Waals surface area contributed by atoms with Gasteiger partial charge >= 0.3 is 0 Å². The van der Waals surface area contributed by atoms with E-state index in [2.05, 4.69) is 26.9 Å². The Hall–Kier alpha value is -1.52. The maximum atomic E-state index is 9.70. The molecule has 0 aliphatic carbocycles. The number of nitrogens with zero attached hydrogens (tertiary/aromatic N) is 1. The molecule has 0 saturated heterocycles. The zero-order valence-corrected chi connectivity index (χ0v) is 13.5. The molecule has 110 valence electrons. The van der Waals surface area contributed by atoms with Crippen molar-refractivity contribution in [1.82, 2.24) is 0 Å². The predicted molar refractivity (Wildman–Crippen MR) is 88.3 cm³/mol.